The minimum absolute atomic E-state index is 0.430. The molecule has 2 aliphatic rings. The summed E-state index contributed by atoms with van der Waals surface area (Å²) in [6.07, 6.45) is 12.8. The molecule has 2 aliphatic carbocycles. The molecule has 0 aliphatic heterocycles. The van der Waals surface area contributed by atoms with E-state index < -0.39 is 0 Å². The van der Waals surface area contributed by atoms with Crippen LogP contribution in [0.15, 0.2) is 67.0 Å². The van der Waals surface area contributed by atoms with Gasteiger partial charge in [-0.05, 0) is 165 Å². The molecule has 3 nitrogen and oxygen atoms in total. The van der Waals surface area contributed by atoms with Gasteiger partial charge >= 0.3 is 0 Å². The minimum atomic E-state index is 0.430. The molecule has 2 atom stereocenters. The Kier molecular flexibility index (Phi) is 8.67. The van der Waals surface area contributed by atoms with Gasteiger partial charge in [-0.1, -0.05) is 46.8 Å². The van der Waals surface area contributed by atoms with Crippen LogP contribution in [0, 0.1) is 37.5 Å². The molecular weight excluding hydrogens is 548 g/mol. The topological polar surface area (TPSA) is 35.0 Å². The lowest BCUT2D eigenvalue weighted by Crippen LogP contribution is -2.27. The van der Waals surface area contributed by atoms with Gasteiger partial charge in [0.05, 0.1) is 11.4 Å². The summed E-state index contributed by atoms with van der Waals surface area (Å²) >= 11 is 0. The van der Waals surface area contributed by atoms with Crippen molar-refractivity contribution in [2.24, 2.45) is 16.7 Å². The van der Waals surface area contributed by atoms with Crippen molar-refractivity contribution in [3.05, 3.63) is 94.8 Å². The first-order valence-corrected chi connectivity index (χ1v) is 17.2. The summed E-state index contributed by atoms with van der Waals surface area (Å²) in [5.41, 5.74) is 11.7. The Hall–Kier alpha value is -3.46. The molecule has 0 N–H and O–H groups in total. The second-order valence-electron chi connectivity index (χ2n) is 15.9. The summed E-state index contributed by atoms with van der Waals surface area (Å²) in [5.74, 6) is 3.51. The lowest BCUT2D eigenvalue weighted by atomic mass is 9.65. The van der Waals surface area contributed by atoms with Crippen LogP contribution in [0.25, 0.3) is 22.5 Å². The van der Waals surface area contributed by atoms with Gasteiger partial charge in [0.2, 0.25) is 0 Å². The Bertz CT molecular complexity index is 1670. The molecular formula is C42H52N2O. The number of ether oxygens (including phenoxy) is 1. The lowest BCUT2D eigenvalue weighted by Gasteiger charge is -2.40. The summed E-state index contributed by atoms with van der Waals surface area (Å²) in [4.78, 5) is 9.72. The lowest BCUT2D eigenvalue weighted by molar-refractivity contribution is 0.167. The van der Waals surface area contributed by atoms with Crippen molar-refractivity contribution in [1.29, 1.82) is 0 Å². The third kappa shape index (κ3) is 7.19. The average Bonchev–Trinajstić information content (AvgIpc) is 2.99. The van der Waals surface area contributed by atoms with Crippen molar-refractivity contribution in [3.63, 3.8) is 0 Å². The summed E-state index contributed by atoms with van der Waals surface area (Å²) < 4.78 is 6.68. The maximum Gasteiger partial charge on any atom is 0.128 e. The van der Waals surface area contributed by atoms with Gasteiger partial charge in [-0.2, -0.15) is 0 Å². The van der Waals surface area contributed by atoms with Crippen molar-refractivity contribution < 1.29 is 4.74 Å². The van der Waals surface area contributed by atoms with Gasteiger partial charge in [0.1, 0.15) is 11.5 Å². The highest BCUT2D eigenvalue weighted by Crippen LogP contribution is 2.47. The van der Waals surface area contributed by atoms with Gasteiger partial charge in [0.15, 0.2) is 0 Å². The van der Waals surface area contributed by atoms with E-state index in [1.807, 2.05) is 6.20 Å². The first-order valence-electron chi connectivity index (χ1n) is 17.2. The summed E-state index contributed by atoms with van der Waals surface area (Å²) in [6.45, 7) is 18.6. The molecule has 2 heterocycles. The van der Waals surface area contributed by atoms with Crippen LogP contribution in [0.5, 0.6) is 11.5 Å². The molecule has 2 fully saturated rings. The number of pyridine rings is 2. The molecule has 2 unspecified atom stereocenters. The Morgan fingerprint density at radius 2 is 1.33 bits per heavy atom. The molecule has 0 radical (unpaired) electrons. The zero-order chi connectivity index (χ0) is 31.9. The summed E-state index contributed by atoms with van der Waals surface area (Å²) in [5, 5.41) is 0. The number of nitrogens with zero attached hydrogens (tertiary/aromatic N) is 2. The predicted molar refractivity (Wildman–Crippen MR) is 188 cm³/mol. The smallest absolute Gasteiger partial charge is 0.128 e. The van der Waals surface area contributed by atoms with E-state index in [0.717, 1.165) is 34.0 Å². The molecule has 0 saturated heterocycles. The monoisotopic (exact) mass is 600 g/mol. The van der Waals surface area contributed by atoms with E-state index in [4.69, 9.17) is 14.7 Å². The van der Waals surface area contributed by atoms with Gasteiger partial charge in [0, 0.05) is 23.5 Å². The second kappa shape index (κ2) is 12.4. The predicted octanol–water partition coefficient (Wildman–Crippen LogP) is 12.1. The van der Waals surface area contributed by atoms with Crippen LogP contribution in [-0.2, 0) is 0 Å². The normalized spacial score (nSPS) is 21.4. The first kappa shape index (κ1) is 31.5. The van der Waals surface area contributed by atoms with E-state index in [1.54, 1.807) is 0 Å². The van der Waals surface area contributed by atoms with Gasteiger partial charge in [-0.3, -0.25) is 9.97 Å². The molecule has 0 bridgehead atoms. The number of hydrogen-bond donors (Lipinski definition) is 0. The van der Waals surface area contributed by atoms with Crippen LogP contribution in [0.1, 0.15) is 119 Å². The SMILES string of the molecule is Cc1cnc(-c2cc(Oc3cccc(-c4cc(C5CCC(C)(C)CC5C)c(C)cn4)c3)cc(C3CCC(C)(C)CC3)c2)cc1C. The van der Waals surface area contributed by atoms with Crippen LogP contribution < -0.4 is 4.74 Å². The van der Waals surface area contributed by atoms with Crippen molar-refractivity contribution in [2.75, 3.05) is 0 Å². The standard InChI is InChI=1S/C42H52N2O/c1-27-18-39(43-25-29(27)3)34-19-33(31-12-15-41(5,6)16-13-31)21-36(22-34)45-35-11-9-10-32(20-35)40-23-38(30(4)26-44-40)37-14-17-42(7,8)24-28(37)2/h9-11,18-23,25-26,28,31,37H,12-17,24H2,1-8H3. The third-order valence-corrected chi connectivity index (χ3v) is 11.0. The van der Waals surface area contributed by atoms with E-state index in [2.05, 4.69) is 116 Å². The quantitative estimate of drug-likeness (QED) is 0.221. The van der Waals surface area contributed by atoms with Crippen molar-refractivity contribution in [3.8, 4) is 34.0 Å². The third-order valence-electron chi connectivity index (χ3n) is 11.0. The number of hydrogen-bond acceptors (Lipinski definition) is 3. The molecule has 3 heteroatoms. The molecule has 2 aromatic heterocycles. The first-order chi connectivity index (χ1) is 21.4. The number of benzene rings is 2. The maximum absolute atomic E-state index is 6.68. The van der Waals surface area contributed by atoms with Crippen molar-refractivity contribution >= 4 is 0 Å². The second-order valence-corrected chi connectivity index (χ2v) is 15.9. The number of aryl methyl sites for hydroxylation is 3. The van der Waals surface area contributed by atoms with Gasteiger partial charge < -0.3 is 4.74 Å². The highest BCUT2D eigenvalue weighted by Gasteiger charge is 2.34. The van der Waals surface area contributed by atoms with Crippen LogP contribution in [0.4, 0.5) is 0 Å². The highest BCUT2D eigenvalue weighted by atomic mass is 16.5. The van der Waals surface area contributed by atoms with E-state index >= 15 is 0 Å². The molecule has 4 aromatic rings. The molecule has 0 amide bonds. The molecule has 2 aromatic carbocycles. The maximum atomic E-state index is 6.68. The molecule has 236 valence electrons. The van der Waals surface area contributed by atoms with E-state index in [0.29, 0.717) is 28.6 Å². The Morgan fingerprint density at radius 3 is 2.04 bits per heavy atom. The van der Waals surface area contributed by atoms with Gasteiger partial charge in [-0.15, -0.1) is 0 Å². The highest BCUT2D eigenvalue weighted by molar-refractivity contribution is 5.65. The van der Waals surface area contributed by atoms with E-state index in [-0.39, 0.29) is 0 Å². The number of rotatable bonds is 6. The summed E-state index contributed by atoms with van der Waals surface area (Å²) in [6, 6.07) is 19.8. The number of aromatic nitrogens is 2. The Morgan fingerprint density at radius 1 is 0.667 bits per heavy atom. The fourth-order valence-electron chi connectivity index (χ4n) is 7.94. The molecule has 2 saturated carbocycles. The molecule has 6 rings (SSSR count). The zero-order valence-corrected chi connectivity index (χ0v) is 28.8. The van der Waals surface area contributed by atoms with Crippen molar-refractivity contribution in [1.82, 2.24) is 9.97 Å². The van der Waals surface area contributed by atoms with E-state index in [1.165, 1.54) is 72.8 Å². The van der Waals surface area contributed by atoms with E-state index in [9.17, 15) is 0 Å². The minimum Gasteiger partial charge on any atom is -0.457 e. The van der Waals surface area contributed by atoms with Crippen LogP contribution >= 0.6 is 0 Å². The molecule has 0 spiro atoms. The Labute approximate surface area is 271 Å². The molecule has 45 heavy (non-hydrogen) atoms. The fraction of sp³-hybridized carbons (Fsp3) is 0.476. The van der Waals surface area contributed by atoms with Crippen LogP contribution in [0.3, 0.4) is 0 Å². The van der Waals surface area contributed by atoms with Crippen molar-refractivity contribution in [2.45, 2.75) is 112 Å². The van der Waals surface area contributed by atoms with Crippen LogP contribution in [0.2, 0.25) is 0 Å². The average molecular weight is 601 g/mol. The Balaban J connectivity index is 1.31. The summed E-state index contributed by atoms with van der Waals surface area (Å²) in [7, 11) is 0. The van der Waals surface area contributed by atoms with Crippen LogP contribution in [-0.4, -0.2) is 9.97 Å². The fourth-order valence-corrected chi connectivity index (χ4v) is 7.94. The zero-order valence-electron chi connectivity index (χ0n) is 28.8. The largest absolute Gasteiger partial charge is 0.457 e. The van der Waals surface area contributed by atoms with Gasteiger partial charge in [-0.25, -0.2) is 0 Å². The van der Waals surface area contributed by atoms with Gasteiger partial charge in [0.25, 0.3) is 0 Å².